The Balaban J connectivity index is 0.000000197. The molecule has 118 heavy (non-hydrogen) atoms. The van der Waals surface area contributed by atoms with E-state index in [9.17, 15) is 34.8 Å². The number of amides is 3. The first-order valence-electron chi connectivity index (χ1n) is 38.6. The molecule has 7 aliphatic heterocycles. The molecule has 0 aliphatic carbocycles. The molecule has 0 spiro atoms. The number of furan rings is 1. The van der Waals surface area contributed by atoms with Crippen LogP contribution in [0.1, 0.15) is 148 Å². The molecule has 3 fully saturated rings. The zero-order valence-electron chi connectivity index (χ0n) is 65.3. The Morgan fingerprint density at radius 3 is 1.14 bits per heavy atom. The molecule has 28 heteroatoms. The molecule has 7 aromatic carbocycles. The number of alkyl carbamates (subject to hydrolysis) is 2. The summed E-state index contributed by atoms with van der Waals surface area (Å²) in [6.07, 6.45) is -4.30. The van der Waals surface area contributed by atoms with E-state index < -0.39 is 72.3 Å². The van der Waals surface area contributed by atoms with Crippen LogP contribution in [0.25, 0.3) is 11.0 Å². The van der Waals surface area contributed by atoms with Gasteiger partial charge in [-0.25, -0.2) is 9.59 Å². The van der Waals surface area contributed by atoms with Crippen molar-refractivity contribution < 1.29 is 95.4 Å². The highest BCUT2D eigenvalue weighted by atomic mass is 35.5. The number of likely N-dealkylation sites (tertiary alicyclic amines) is 3. The van der Waals surface area contributed by atoms with Crippen LogP contribution in [0.5, 0.6) is 46.0 Å². The van der Waals surface area contributed by atoms with Crippen LogP contribution in [0.2, 0.25) is 5.02 Å². The molecule has 7 aliphatic rings. The van der Waals surface area contributed by atoms with Crippen LogP contribution in [-0.4, -0.2) is 189 Å². The van der Waals surface area contributed by atoms with E-state index in [1.165, 1.54) is 18.2 Å². The van der Waals surface area contributed by atoms with Gasteiger partial charge in [0.05, 0.1) is 30.3 Å². The molecular weight excluding hydrogens is 1540 g/mol. The Morgan fingerprint density at radius 1 is 0.449 bits per heavy atom. The molecule has 0 saturated carbocycles. The van der Waals surface area contributed by atoms with Crippen LogP contribution in [-0.2, 0) is 33.4 Å². The van der Waals surface area contributed by atoms with Gasteiger partial charge in [0.1, 0.15) is 83.9 Å². The molecule has 8 heterocycles. The highest BCUT2D eigenvalue weighted by Gasteiger charge is 2.47. The van der Waals surface area contributed by atoms with Crippen molar-refractivity contribution in [1.82, 2.24) is 30.7 Å². The number of carbonyl (C=O) groups excluding carboxylic acids is 3. The molecule has 15 rings (SSSR count). The second-order valence-corrected chi connectivity index (χ2v) is 32.5. The number of nitrogens with two attached hydrogens (primary N) is 1. The molecule has 3 saturated heterocycles. The molecule has 644 valence electrons. The second kappa shape index (κ2) is 41.8. The molecule has 8 aromatic rings. The summed E-state index contributed by atoms with van der Waals surface area (Å²) in [5.74, 6) is -1.36. The molecule has 0 bridgehead atoms. The lowest BCUT2D eigenvalue weighted by Gasteiger charge is -2.47. The maximum atomic E-state index is 15.2. The number of alkyl halides is 2. The van der Waals surface area contributed by atoms with Gasteiger partial charge in [-0.1, -0.05) is 175 Å². The van der Waals surface area contributed by atoms with Crippen LogP contribution in [0.3, 0.4) is 0 Å². The number of rotatable bonds is 24. The Labute approximate surface area is 697 Å². The number of aliphatic hydroxyl groups is 4. The maximum absolute atomic E-state index is 15.2. The van der Waals surface area contributed by atoms with Crippen LogP contribution in [0, 0.1) is 16.2 Å². The quantitative estimate of drug-likeness (QED) is 0.0279. The van der Waals surface area contributed by atoms with Crippen molar-refractivity contribution in [2.75, 3.05) is 112 Å². The zero-order valence-corrected chi connectivity index (χ0v) is 66.1. The fourth-order valence-corrected chi connectivity index (χ4v) is 15.2. The van der Waals surface area contributed by atoms with E-state index in [0.29, 0.717) is 158 Å². The van der Waals surface area contributed by atoms with Gasteiger partial charge in [-0.05, 0) is 129 Å². The number of benzene rings is 7. The minimum absolute atomic E-state index is 0. The van der Waals surface area contributed by atoms with Crippen LogP contribution in [0.15, 0.2) is 162 Å². The van der Waals surface area contributed by atoms with Gasteiger partial charge >= 0.3 is 18.1 Å². The van der Waals surface area contributed by atoms with Gasteiger partial charge in [0.2, 0.25) is 0 Å². The smallest absolute Gasteiger partial charge is 0.407 e. The van der Waals surface area contributed by atoms with Crippen molar-refractivity contribution in [1.29, 1.82) is 0 Å². The SMILES string of the molecule is C.C.C.C.CC1(C)CN(C[C@@H](N)[C@H](O)c2ccc3c(c2)OCCO3)C1.CC1(C)CN(C[C@@H](NC(=O)C(F)(F)c2cc3cc(Cl)ccc3o2)[C@H](O)c2ccc3c(c2)OCCO3)C1.CC1(C)CN(C[C@@H](NC(=O)OCc2ccccc2)[C@H](O)c2ccc3c(c2)OCCO3)C1.CC[C@@H](NC(=O)OCc1ccccc1)[C@H](O)c1ccc2c(c1)OCCO2. The van der Waals surface area contributed by atoms with Gasteiger partial charge in [-0.2, -0.15) is 8.78 Å². The lowest BCUT2D eigenvalue weighted by atomic mass is 9.83. The van der Waals surface area contributed by atoms with E-state index in [-0.39, 0.29) is 71.9 Å². The average molecular weight is 1660 g/mol. The summed E-state index contributed by atoms with van der Waals surface area (Å²) in [5.41, 5.74) is 11.4. The minimum Gasteiger partial charge on any atom is -0.486 e. The van der Waals surface area contributed by atoms with Gasteiger partial charge in [0, 0.05) is 75.4 Å². The first-order valence-corrected chi connectivity index (χ1v) is 39.0. The average Bonchev–Trinajstić information content (AvgIpc) is 1.03. The van der Waals surface area contributed by atoms with E-state index >= 15 is 8.78 Å². The molecule has 25 nitrogen and oxygen atoms in total. The third-order valence-corrected chi connectivity index (χ3v) is 20.6. The number of aliphatic hydroxyl groups excluding tert-OH is 4. The Hall–Kier alpha value is -9.68. The van der Waals surface area contributed by atoms with E-state index in [2.05, 4.69) is 67.3 Å². The standard InChI is InChI=1S/C26H27ClF2N2O5.C24H30N2O5.C20H23NO5.C16H24N2O3.4CH4/c1-25(2)13-31(14-25)12-18(23(32)15-3-5-20-21(10-15)35-8-7-34-20)30-24(33)26(28,29)22-11-16-9-17(27)4-6-19(16)36-22;1-24(2)15-26(16-24)13-19(25-23(28)31-14-17-6-4-3-5-7-17)22(27)18-8-9-20-21(12-18)30-11-10-29-20;1-2-16(21-20(23)26-13-14-6-4-3-5-7-14)19(22)15-8-9-17-18(12-15)25-11-10-24-17;1-16(2)9-18(10-16)8-12(17)15(19)11-3-4-13-14(7-11)21-6-5-20-13;;;;/h3-6,9-11,18,23,32H,7-8,12-14H2,1-2H3,(H,30,33);3-9,12,19,22,27H,10-11,13-16H2,1-2H3,(H,25,28);3-9,12,16,19,22H,2,10-11,13H2,1H3,(H,21,23);3-4,7,12,15,19H,5-6,8-10,17H2,1-2H3;4*1H4/t18-,23-;19-,22-;16-,19-;12-,15-;;;;/m1111..../s1. The normalized spacial score (nSPS) is 18.2. The number of nitrogens with one attached hydrogen (secondary N) is 3. The van der Waals surface area contributed by atoms with Crippen molar-refractivity contribution >= 4 is 40.7 Å². The fraction of sp³-hybridized carbons (Fsp3) is 0.478. The monoisotopic (exact) mass is 1660 g/mol. The lowest BCUT2D eigenvalue weighted by molar-refractivity contribution is -0.151. The van der Waals surface area contributed by atoms with Crippen LogP contribution in [0.4, 0.5) is 18.4 Å². The summed E-state index contributed by atoms with van der Waals surface area (Å²) in [7, 11) is 0. The zero-order chi connectivity index (χ0) is 80.9. The summed E-state index contributed by atoms with van der Waals surface area (Å²) in [5, 5.41) is 52.1. The number of nitrogens with zero attached hydrogens (tertiary/aromatic N) is 3. The molecule has 0 unspecified atom stereocenters. The van der Waals surface area contributed by atoms with E-state index in [0.717, 1.165) is 54.7 Å². The van der Waals surface area contributed by atoms with Crippen molar-refractivity contribution in [2.45, 2.75) is 152 Å². The number of ether oxygens (including phenoxy) is 10. The summed E-state index contributed by atoms with van der Waals surface area (Å²) in [6, 6.07) is 43.3. The van der Waals surface area contributed by atoms with E-state index in [1.807, 2.05) is 96.8 Å². The minimum atomic E-state index is -3.97. The van der Waals surface area contributed by atoms with E-state index in [1.54, 1.807) is 48.5 Å². The Morgan fingerprint density at radius 2 is 0.780 bits per heavy atom. The molecule has 8 atom stereocenters. The Kier molecular flexibility index (Phi) is 33.2. The van der Waals surface area contributed by atoms with Gasteiger partial charge in [-0.15, -0.1) is 0 Å². The van der Waals surface area contributed by atoms with Gasteiger partial charge < -0.3 is 109 Å². The Bertz CT molecular complexity index is 4540. The van der Waals surface area contributed by atoms with Crippen LogP contribution >= 0.6 is 11.6 Å². The summed E-state index contributed by atoms with van der Waals surface area (Å²) in [6.45, 7) is 26.0. The van der Waals surface area contributed by atoms with Crippen molar-refractivity contribution in [2.24, 2.45) is 22.0 Å². The molecule has 1 aromatic heterocycles. The number of hydrogen-bond donors (Lipinski definition) is 8. The lowest BCUT2D eigenvalue weighted by Crippen LogP contribution is -2.59. The topological polar surface area (TPSA) is 309 Å². The largest absolute Gasteiger partial charge is 0.486 e. The van der Waals surface area contributed by atoms with Crippen LogP contribution < -0.4 is 59.6 Å². The van der Waals surface area contributed by atoms with Crippen molar-refractivity contribution in [3.63, 3.8) is 0 Å². The van der Waals surface area contributed by atoms with Crippen molar-refractivity contribution in [3.8, 4) is 46.0 Å². The number of carbonyl (C=O) groups is 3. The van der Waals surface area contributed by atoms with Gasteiger partial charge in [-0.3, -0.25) is 4.79 Å². The summed E-state index contributed by atoms with van der Waals surface area (Å²) >= 11 is 5.94. The molecule has 3 amide bonds. The highest BCUT2D eigenvalue weighted by Crippen LogP contribution is 2.41. The molecular formula is C90H120ClF2N7O18. The fourth-order valence-electron chi connectivity index (χ4n) is 15.0. The highest BCUT2D eigenvalue weighted by molar-refractivity contribution is 6.31. The van der Waals surface area contributed by atoms with Gasteiger partial charge in [0.15, 0.2) is 51.8 Å². The number of hydrogen-bond acceptors (Lipinski definition) is 22. The second-order valence-electron chi connectivity index (χ2n) is 32.0. The summed E-state index contributed by atoms with van der Waals surface area (Å²) in [4.78, 5) is 44.0. The van der Waals surface area contributed by atoms with E-state index in [4.69, 9.17) is 69.1 Å². The first-order chi connectivity index (χ1) is 54.5. The number of fused-ring (bicyclic) bond motifs is 5. The predicted molar refractivity (Wildman–Crippen MR) is 450 cm³/mol. The number of halogens is 3. The third-order valence-electron chi connectivity index (χ3n) is 20.3. The summed E-state index contributed by atoms with van der Waals surface area (Å²) < 4.78 is 90.7. The molecule has 9 N–H and O–H groups in total. The first kappa shape index (κ1) is 93.8. The maximum Gasteiger partial charge on any atom is 0.407 e. The van der Waals surface area contributed by atoms with Gasteiger partial charge in [0.25, 0.3) is 5.91 Å². The third kappa shape index (κ3) is 25.0. The predicted octanol–water partition coefficient (Wildman–Crippen LogP) is 14.5. The molecule has 0 radical (unpaired) electrons. The van der Waals surface area contributed by atoms with Crippen molar-refractivity contribution in [3.05, 3.63) is 202 Å².